The normalized spacial score (nSPS) is 24.6. The molecule has 1 aromatic rings. The van der Waals surface area contributed by atoms with Crippen LogP contribution in [0, 0.1) is 0 Å². The van der Waals surface area contributed by atoms with Crippen molar-refractivity contribution < 1.29 is 0 Å². The lowest BCUT2D eigenvalue weighted by Gasteiger charge is -2.32. The third-order valence-corrected chi connectivity index (χ3v) is 4.36. The smallest absolute Gasteiger partial charge is 0.0544 e. The number of hydrogen-bond donors (Lipinski definition) is 1. The molecule has 0 aromatic carbocycles. The molecule has 1 aliphatic carbocycles. The van der Waals surface area contributed by atoms with Crippen LogP contribution < -0.4 is 5.32 Å². The summed E-state index contributed by atoms with van der Waals surface area (Å²) in [6, 6.07) is 5.91. The maximum atomic E-state index is 4.62. The highest BCUT2D eigenvalue weighted by Gasteiger charge is 2.20. The van der Waals surface area contributed by atoms with E-state index in [1.807, 2.05) is 6.20 Å². The van der Waals surface area contributed by atoms with Gasteiger partial charge in [-0.15, -0.1) is 0 Å². The van der Waals surface area contributed by atoms with Crippen LogP contribution in [-0.4, -0.2) is 28.5 Å². The van der Waals surface area contributed by atoms with Gasteiger partial charge in [0.1, 0.15) is 0 Å². The van der Waals surface area contributed by atoms with Gasteiger partial charge in [-0.1, -0.05) is 12.5 Å². The van der Waals surface area contributed by atoms with Gasteiger partial charge in [-0.3, -0.25) is 9.88 Å². The zero-order chi connectivity index (χ0) is 13.1. The minimum atomic E-state index is 0.715. The summed E-state index contributed by atoms with van der Waals surface area (Å²) in [5.74, 6) is 0. The largest absolute Gasteiger partial charge is 0.310 e. The average Bonchev–Trinajstić information content (AvgIpc) is 3.25. The number of hydrogen-bond acceptors (Lipinski definition) is 3. The highest BCUT2D eigenvalue weighted by Crippen LogP contribution is 2.20. The fourth-order valence-electron chi connectivity index (χ4n) is 2.80. The number of piperidine rings is 1. The molecule has 1 N–H and O–H groups in total. The lowest BCUT2D eigenvalue weighted by atomic mass is 10.0. The van der Waals surface area contributed by atoms with Crippen molar-refractivity contribution in [1.82, 2.24) is 15.2 Å². The molecule has 104 valence electrons. The molecule has 2 fully saturated rings. The molecule has 0 bridgehead atoms. The molecular formula is C16H25N3. The van der Waals surface area contributed by atoms with Gasteiger partial charge < -0.3 is 5.32 Å². The predicted octanol–water partition coefficient (Wildman–Crippen LogP) is 2.71. The van der Waals surface area contributed by atoms with Crippen LogP contribution in [0.3, 0.4) is 0 Å². The second kappa shape index (κ2) is 6.02. The van der Waals surface area contributed by atoms with Crippen LogP contribution in [0.25, 0.3) is 0 Å². The molecule has 1 unspecified atom stereocenters. The summed E-state index contributed by atoms with van der Waals surface area (Å²) in [6.45, 7) is 5.55. The Morgan fingerprint density at radius 3 is 2.84 bits per heavy atom. The summed E-state index contributed by atoms with van der Waals surface area (Å²) in [5.41, 5.74) is 2.52. The van der Waals surface area contributed by atoms with E-state index in [0.29, 0.717) is 6.04 Å². The molecule has 0 amide bonds. The molecule has 0 radical (unpaired) electrons. The lowest BCUT2D eigenvalue weighted by molar-refractivity contribution is 0.151. The molecule has 3 rings (SSSR count). The molecule has 0 spiro atoms. The Morgan fingerprint density at radius 2 is 2.16 bits per heavy atom. The van der Waals surface area contributed by atoms with E-state index in [1.165, 1.54) is 49.9 Å². The SMILES string of the molecule is CC1CCCCN1Cc1ccc(CNC2CC2)cn1. The van der Waals surface area contributed by atoms with Gasteiger partial charge in [0.05, 0.1) is 5.69 Å². The average molecular weight is 259 g/mol. The molecule has 3 nitrogen and oxygen atoms in total. The maximum Gasteiger partial charge on any atom is 0.0544 e. The molecule has 1 aliphatic heterocycles. The summed E-state index contributed by atoms with van der Waals surface area (Å²) >= 11 is 0. The summed E-state index contributed by atoms with van der Waals surface area (Å²) in [6.07, 6.45) is 8.80. The van der Waals surface area contributed by atoms with Gasteiger partial charge in [-0.2, -0.15) is 0 Å². The van der Waals surface area contributed by atoms with Crippen molar-refractivity contribution in [3.05, 3.63) is 29.6 Å². The van der Waals surface area contributed by atoms with Gasteiger partial charge in [-0.25, -0.2) is 0 Å². The maximum absolute atomic E-state index is 4.62. The third-order valence-electron chi connectivity index (χ3n) is 4.36. The molecule has 1 atom stereocenters. The van der Waals surface area contributed by atoms with E-state index in [1.54, 1.807) is 0 Å². The Hall–Kier alpha value is -0.930. The van der Waals surface area contributed by atoms with Gasteiger partial charge in [0, 0.05) is 31.4 Å². The zero-order valence-electron chi connectivity index (χ0n) is 11.9. The molecule has 3 heteroatoms. The quantitative estimate of drug-likeness (QED) is 0.881. The topological polar surface area (TPSA) is 28.2 Å². The molecule has 2 aliphatic rings. The standard InChI is InChI=1S/C16H25N3/c1-13-4-2-3-9-19(13)12-16-6-5-14(11-18-16)10-17-15-7-8-15/h5-6,11,13,15,17H,2-4,7-10,12H2,1H3. The minimum absolute atomic E-state index is 0.715. The first kappa shape index (κ1) is 13.1. The van der Waals surface area contributed by atoms with E-state index in [4.69, 9.17) is 0 Å². The van der Waals surface area contributed by atoms with Gasteiger partial charge >= 0.3 is 0 Å². The summed E-state index contributed by atoms with van der Waals surface area (Å²) < 4.78 is 0. The second-order valence-corrected chi connectivity index (χ2v) is 6.13. The van der Waals surface area contributed by atoms with E-state index in [2.05, 4.69) is 34.3 Å². The number of rotatable bonds is 5. The number of pyridine rings is 1. The molecule has 2 heterocycles. The van der Waals surface area contributed by atoms with E-state index >= 15 is 0 Å². The predicted molar refractivity (Wildman–Crippen MR) is 77.8 cm³/mol. The second-order valence-electron chi connectivity index (χ2n) is 6.13. The van der Waals surface area contributed by atoms with Crippen molar-refractivity contribution in [2.24, 2.45) is 0 Å². The van der Waals surface area contributed by atoms with Crippen LogP contribution in [0.5, 0.6) is 0 Å². The third kappa shape index (κ3) is 3.77. The van der Waals surface area contributed by atoms with Gasteiger partial charge in [-0.05, 0) is 50.8 Å². The van der Waals surface area contributed by atoms with Crippen molar-refractivity contribution >= 4 is 0 Å². The Kier molecular flexibility index (Phi) is 4.14. The van der Waals surface area contributed by atoms with E-state index in [-0.39, 0.29) is 0 Å². The van der Waals surface area contributed by atoms with Crippen LogP contribution in [0.1, 0.15) is 50.3 Å². The number of likely N-dealkylation sites (tertiary alicyclic amines) is 1. The first-order chi connectivity index (χ1) is 9.31. The van der Waals surface area contributed by atoms with Crippen LogP contribution in [0.2, 0.25) is 0 Å². The number of nitrogens with one attached hydrogen (secondary N) is 1. The minimum Gasteiger partial charge on any atom is -0.310 e. The fraction of sp³-hybridized carbons (Fsp3) is 0.688. The van der Waals surface area contributed by atoms with Crippen molar-refractivity contribution in [2.45, 2.75) is 64.2 Å². The van der Waals surface area contributed by atoms with E-state index in [0.717, 1.165) is 19.1 Å². The Labute approximate surface area is 116 Å². The molecule has 1 saturated heterocycles. The van der Waals surface area contributed by atoms with Crippen molar-refractivity contribution in [3.8, 4) is 0 Å². The monoisotopic (exact) mass is 259 g/mol. The Bertz CT molecular complexity index is 397. The molecular weight excluding hydrogens is 234 g/mol. The fourth-order valence-corrected chi connectivity index (χ4v) is 2.80. The van der Waals surface area contributed by atoms with Crippen LogP contribution in [0.4, 0.5) is 0 Å². The highest BCUT2D eigenvalue weighted by atomic mass is 15.2. The van der Waals surface area contributed by atoms with Crippen LogP contribution in [0.15, 0.2) is 18.3 Å². The van der Waals surface area contributed by atoms with Crippen molar-refractivity contribution in [2.75, 3.05) is 6.54 Å². The van der Waals surface area contributed by atoms with E-state index in [9.17, 15) is 0 Å². The highest BCUT2D eigenvalue weighted by molar-refractivity contribution is 5.14. The van der Waals surface area contributed by atoms with Crippen LogP contribution >= 0.6 is 0 Å². The first-order valence-electron chi connectivity index (χ1n) is 7.72. The van der Waals surface area contributed by atoms with Gasteiger partial charge in [0.25, 0.3) is 0 Å². The van der Waals surface area contributed by atoms with E-state index < -0.39 is 0 Å². The van der Waals surface area contributed by atoms with Gasteiger partial charge in [0.2, 0.25) is 0 Å². The summed E-state index contributed by atoms with van der Waals surface area (Å²) in [5, 5.41) is 3.53. The molecule has 1 saturated carbocycles. The zero-order valence-corrected chi connectivity index (χ0v) is 11.9. The molecule has 1 aromatic heterocycles. The Morgan fingerprint density at radius 1 is 1.26 bits per heavy atom. The summed E-state index contributed by atoms with van der Waals surface area (Å²) in [4.78, 5) is 7.19. The van der Waals surface area contributed by atoms with Crippen LogP contribution in [-0.2, 0) is 13.1 Å². The number of aromatic nitrogens is 1. The number of nitrogens with zero attached hydrogens (tertiary/aromatic N) is 2. The Balaban J connectivity index is 1.52. The summed E-state index contributed by atoms with van der Waals surface area (Å²) in [7, 11) is 0. The van der Waals surface area contributed by atoms with Crippen molar-refractivity contribution in [1.29, 1.82) is 0 Å². The van der Waals surface area contributed by atoms with Crippen molar-refractivity contribution in [3.63, 3.8) is 0 Å². The molecule has 19 heavy (non-hydrogen) atoms. The van der Waals surface area contributed by atoms with Gasteiger partial charge in [0.15, 0.2) is 0 Å². The first-order valence-corrected chi connectivity index (χ1v) is 7.72. The lowest BCUT2D eigenvalue weighted by Crippen LogP contribution is -2.36.